The minimum Gasteiger partial charge on any atom is -0.508 e. The predicted octanol–water partition coefficient (Wildman–Crippen LogP) is -0.541. The first-order valence-corrected chi connectivity index (χ1v) is 13.8. The number of benzene rings is 2. The number of hydrogen-bond donors (Lipinski definition) is 9. The second kappa shape index (κ2) is 16.6. The SMILES string of the molecule is CC(C)[C@H](NC(=O)[C@H](CCCN=C(N)N)NC(=O)[C@H](Cc1ccc(O)cc1)NC(=O)[C@@H](N)Cc1ccc(O)cc1)C(=O)O. The summed E-state index contributed by atoms with van der Waals surface area (Å²) >= 11 is 0. The van der Waals surface area contributed by atoms with Crippen molar-refractivity contribution in [1.82, 2.24) is 16.0 Å². The van der Waals surface area contributed by atoms with E-state index in [-0.39, 0.29) is 49.7 Å². The van der Waals surface area contributed by atoms with Gasteiger partial charge in [-0.2, -0.15) is 0 Å². The highest BCUT2D eigenvalue weighted by Crippen LogP contribution is 2.14. The van der Waals surface area contributed by atoms with Crippen molar-refractivity contribution in [3.05, 3.63) is 59.7 Å². The number of nitrogens with one attached hydrogen (secondary N) is 3. The summed E-state index contributed by atoms with van der Waals surface area (Å²) in [5.41, 5.74) is 18.1. The Hall–Kier alpha value is -4.85. The van der Waals surface area contributed by atoms with Gasteiger partial charge in [-0.05, 0) is 60.6 Å². The fourth-order valence-electron chi connectivity index (χ4n) is 4.15. The van der Waals surface area contributed by atoms with Gasteiger partial charge < -0.3 is 48.5 Å². The van der Waals surface area contributed by atoms with Crippen molar-refractivity contribution in [3.63, 3.8) is 0 Å². The van der Waals surface area contributed by atoms with E-state index in [1.807, 2.05) is 0 Å². The number of rotatable bonds is 16. The average Bonchev–Trinajstić information content (AvgIpc) is 2.94. The number of carbonyl (C=O) groups is 4. The number of aromatic hydroxyl groups is 2. The molecule has 2 rings (SSSR count). The lowest BCUT2D eigenvalue weighted by Crippen LogP contribution is -2.58. The van der Waals surface area contributed by atoms with Crippen molar-refractivity contribution >= 4 is 29.7 Å². The maximum absolute atomic E-state index is 13.6. The summed E-state index contributed by atoms with van der Waals surface area (Å²) in [5.74, 6) is -3.80. The molecule has 0 saturated heterocycles. The molecule has 0 bridgehead atoms. The molecular weight excluding hydrogens is 558 g/mol. The van der Waals surface area contributed by atoms with Crippen LogP contribution in [0.5, 0.6) is 11.5 Å². The Bertz CT molecular complexity index is 1260. The van der Waals surface area contributed by atoms with Crippen molar-refractivity contribution in [1.29, 1.82) is 0 Å². The molecule has 14 heteroatoms. The number of aliphatic carboxylic acids is 1. The molecule has 0 fully saturated rings. The van der Waals surface area contributed by atoms with Crippen LogP contribution < -0.4 is 33.2 Å². The summed E-state index contributed by atoms with van der Waals surface area (Å²) in [7, 11) is 0. The van der Waals surface area contributed by atoms with Gasteiger partial charge in [0.15, 0.2) is 5.96 Å². The molecule has 2 aromatic rings. The van der Waals surface area contributed by atoms with Gasteiger partial charge in [-0.1, -0.05) is 38.1 Å². The summed E-state index contributed by atoms with van der Waals surface area (Å²) in [6, 6.07) is 7.60. The van der Waals surface area contributed by atoms with Gasteiger partial charge in [0.2, 0.25) is 17.7 Å². The highest BCUT2D eigenvalue weighted by atomic mass is 16.4. The van der Waals surface area contributed by atoms with E-state index in [0.717, 1.165) is 0 Å². The topological polar surface area (TPSA) is 255 Å². The number of phenols is 2. The smallest absolute Gasteiger partial charge is 0.326 e. The van der Waals surface area contributed by atoms with Crippen molar-refractivity contribution in [3.8, 4) is 11.5 Å². The molecule has 12 N–H and O–H groups in total. The van der Waals surface area contributed by atoms with Crippen molar-refractivity contribution in [2.45, 2.75) is 63.7 Å². The molecule has 234 valence electrons. The third kappa shape index (κ3) is 11.9. The minimum atomic E-state index is -1.23. The van der Waals surface area contributed by atoms with Crippen LogP contribution in [0, 0.1) is 5.92 Å². The third-order valence-electron chi connectivity index (χ3n) is 6.55. The second-order valence-corrected chi connectivity index (χ2v) is 10.5. The minimum absolute atomic E-state index is 0.00410. The van der Waals surface area contributed by atoms with Crippen LogP contribution in [0.15, 0.2) is 53.5 Å². The monoisotopic (exact) mass is 599 g/mol. The lowest BCUT2D eigenvalue weighted by Gasteiger charge is -2.26. The van der Waals surface area contributed by atoms with E-state index in [1.165, 1.54) is 24.3 Å². The highest BCUT2D eigenvalue weighted by molar-refractivity contribution is 5.94. The van der Waals surface area contributed by atoms with Gasteiger partial charge in [-0.3, -0.25) is 19.4 Å². The summed E-state index contributed by atoms with van der Waals surface area (Å²) in [6.07, 6.45) is 0.471. The van der Waals surface area contributed by atoms with Gasteiger partial charge in [0.05, 0.1) is 6.04 Å². The number of amides is 3. The summed E-state index contributed by atoms with van der Waals surface area (Å²) in [5, 5.41) is 36.4. The maximum atomic E-state index is 13.6. The number of carbonyl (C=O) groups excluding carboxylic acids is 3. The average molecular weight is 600 g/mol. The standard InChI is InChI=1S/C29H41N7O7/c1-16(2)24(28(42)43)36-26(40)22(4-3-13-33-29(31)32)34-27(41)23(15-18-7-11-20(38)12-8-18)35-25(39)21(30)14-17-5-9-19(37)10-6-17/h5-12,16,21-24,37-38H,3-4,13-15,30H2,1-2H3,(H,34,41)(H,35,39)(H,36,40)(H,42,43)(H4,31,32,33)/t21-,22-,23-,24-/m0/s1. The maximum Gasteiger partial charge on any atom is 0.326 e. The number of carboxylic acid groups (broad SMARTS) is 1. The summed E-state index contributed by atoms with van der Waals surface area (Å²) in [4.78, 5) is 55.4. The van der Waals surface area contributed by atoms with Gasteiger partial charge in [0.1, 0.15) is 29.6 Å². The number of phenolic OH excluding ortho intramolecular Hbond substituents is 2. The van der Waals surface area contributed by atoms with E-state index in [9.17, 15) is 34.5 Å². The number of hydrogen-bond acceptors (Lipinski definition) is 8. The molecule has 0 aliphatic carbocycles. The van der Waals surface area contributed by atoms with E-state index in [0.29, 0.717) is 11.1 Å². The molecule has 3 amide bonds. The Labute approximate surface area is 249 Å². The van der Waals surface area contributed by atoms with E-state index < -0.39 is 53.8 Å². The van der Waals surface area contributed by atoms with E-state index in [2.05, 4.69) is 20.9 Å². The molecule has 2 aromatic carbocycles. The molecular formula is C29H41N7O7. The molecule has 0 saturated carbocycles. The summed E-state index contributed by atoms with van der Waals surface area (Å²) in [6.45, 7) is 3.43. The molecule has 0 aromatic heterocycles. The van der Waals surface area contributed by atoms with Crippen LogP contribution in [0.2, 0.25) is 0 Å². The Morgan fingerprint density at radius 3 is 1.74 bits per heavy atom. The van der Waals surface area contributed by atoms with Crippen LogP contribution in [-0.4, -0.2) is 75.7 Å². The number of nitrogens with two attached hydrogens (primary N) is 3. The Balaban J connectivity index is 2.27. The molecule has 43 heavy (non-hydrogen) atoms. The quantitative estimate of drug-likeness (QED) is 0.0676. The zero-order valence-electron chi connectivity index (χ0n) is 24.2. The van der Waals surface area contributed by atoms with Crippen LogP contribution in [-0.2, 0) is 32.0 Å². The number of carboxylic acids is 1. The molecule has 0 radical (unpaired) electrons. The molecule has 0 aliphatic heterocycles. The van der Waals surface area contributed by atoms with E-state index in [4.69, 9.17) is 17.2 Å². The van der Waals surface area contributed by atoms with Crippen molar-refractivity contribution in [2.24, 2.45) is 28.1 Å². The lowest BCUT2D eigenvalue weighted by molar-refractivity contribution is -0.143. The van der Waals surface area contributed by atoms with E-state index in [1.54, 1.807) is 38.1 Å². The Morgan fingerprint density at radius 1 is 0.767 bits per heavy atom. The van der Waals surface area contributed by atoms with Crippen LogP contribution in [0.3, 0.4) is 0 Å². The van der Waals surface area contributed by atoms with Gasteiger partial charge in [0.25, 0.3) is 0 Å². The van der Waals surface area contributed by atoms with Crippen LogP contribution in [0.25, 0.3) is 0 Å². The van der Waals surface area contributed by atoms with Crippen LogP contribution >= 0.6 is 0 Å². The largest absolute Gasteiger partial charge is 0.508 e. The van der Waals surface area contributed by atoms with Gasteiger partial charge >= 0.3 is 5.97 Å². The normalized spacial score (nSPS) is 13.7. The van der Waals surface area contributed by atoms with Crippen molar-refractivity contribution in [2.75, 3.05) is 6.54 Å². The Morgan fingerprint density at radius 2 is 1.26 bits per heavy atom. The molecule has 4 atom stereocenters. The fourth-order valence-corrected chi connectivity index (χ4v) is 4.15. The lowest BCUT2D eigenvalue weighted by atomic mass is 10.0. The number of nitrogens with zero attached hydrogens (tertiary/aromatic N) is 1. The van der Waals surface area contributed by atoms with E-state index >= 15 is 0 Å². The van der Waals surface area contributed by atoms with Crippen molar-refractivity contribution < 1.29 is 34.5 Å². The third-order valence-corrected chi connectivity index (χ3v) is 6.55. The van der Waals surface area contributed by atoms with Crippen LogP contribution in [0.4, 0.5) is 0 Å². The molecule has 0 heterocycles. The number of aliphatic imine (C=N–C) groups is 1. The highest BCUT2D eigenvalue weighted by Gasteiger charge is 2.31. The first kappa shape index (κ1) is 34.4. The molecule has 0 spiro atoms. The van der Waals surface area contributed by atoms with Gasteiger partial charge in [-0.15, -0.1) is 0 Å². The molecule has 14 nitrogen and oxygen atoms in total. The first-order chi connectivity index (χ1) is 20.3. The first-order valence-electron chi connectivity index (χ1n) is 13.8. The second-order valence-electron chi connectivity index (χ2n) is 10.5. The van der Waals surface area contributed by atoms with Crippen LogP contribution in [0.1, 0.15) is 37.8 Å². The fraction of sp³-hybridized carbons (Fsp3) is 0.414. The Kier molecular flexibility index (Phi) is 13.2. The van der Waals surface area contributed by atoms with Gasteiger partial charge in [-0.25, -0.2) is 4.79 Å². The summed E-state index contributed by atoms with van der Waals surface area (Å²) < 4.78 is 0. The number of guanidine groups is 1. The molecule has 0 aliphatic rings. The zero-order chi connectivity index (χ0) is 32.1. The zero-order valence-corrected chi connectivity index (χ0v) is 24.2. The molecule has 0 unspecified atom stereocenters. The predicted molar refractivity (Wildman–Crippen MR) is 160 cm³/mol. The van der Waals surface area contributed by atoms with Gasteiger partial charge in [0, 0.05) is 13.0 Å².